The first kappa shape index (κ1) is 24.3. The van der Waals surface area contributed by atoms with Gasteiger partial charge in [-0.25, -0.2) is 0 Å². The topological polar surface area (TPSA) is 65.0 Å². The molecule has 180 valence electrons. The van der Waals surface area contributed by atoms with Gasteiger partial charge < -0.3 is 14.7 Å². The van der Waals surface area contributed by atoms with Gasteiger partial charge in [0.15, 0.2) is 0 Å². The fourth-order valence-corrected chi connectivity index (χ4v) is 8.07. The Labute approximate surface area is 201 Å². The predicted octanol–water partition coefficient (Wildman–Crippen LogP) is 5.86. The van der Waals surface area contributed by atoms with Crippen molar-refractivity contribution < 1.29 is 24.4 Å². The summed E-state index contributed by atoms with van der Waals surface area (Å²) >= 11 is 3.81. The summed E-state index contributed by atoms with van der Waals surface area (Å²) < 4.78 is 5.85. The van der Waals surface area contributed by atoms with Gasteiger partial charge in [-0.2, -0.15) is 4.89 Å². The molecule has 0 saturated heterocycles. The number of fused-ring (bicyclic) bond motifs is 5. The molecule has 0 aromatic carbocycles. The SMILES string of the molecule is C=C(CCC)OO[C@H]1CC[C@@]2(C)C(=CC(O)C3C4C[C@@H](Br)[C@H](OC(=O)CC)[C@H]4CCC32)C1. The Kier molecular flexibility index (Phi) is 7.43. The van der Waals surface area contributed by atoms with E-state index in [9.17, 15) is 9.90 Å². The minimum atomic E-state index is -0.453. The van der Waals surface area contributed by atoms with Crippen LogP contribution in [0.2, 0.25) is 0 Å². The Morgan fingerprint density at radius 1 is 1.28 bits per heavy atom. The van der Waals surface area contributed by atoms with E-state index in [1.165, 1.54) is 5.57 Å². The van der Waals surface area contributed by atoms with E-state index in [4.69, 9.17) is 14.5 Å². The van der Waals surface area contributed by atoms with Crippen molar-refractivity contribution >= 4 is 21.9 Å². The highest BCUT2D eigenvalue weighted by Gasteiger charge is 2.59. The third-order valence-corrected chi connectivity index (χ3v) is 9.63. The molecule has 0 heterocycles. The molecule has 0 amide bonds. The molecule has 9 atom stereocenters. The van der Waals surface area contributed by atoms with Crippen molar-refractivity contribution in [2.24, 2.45) is 29.1 Å². The van der Waals surface area contributed by atoms with Crippen LogP contribution in [-0.4, -0.2) is 34.2 Å². The first-order chi connectivity index (χ1) is 15.3. The van der Waals surface area contributed by atoms with Crippen LogP contribution in [-0.2, 0) is 19.3 Å². The van der Waals surface area contributed by atoms with Crippen molar-refractivity contribution in [3.8, 4) is 0 Å². The van der Waals surface area contributed by atoms with Crippen LogP contribution in [0, 0.1) is 29.1 Å². The average Bonchev–Trinajstić information content (AvgIpc) is 3.08. The maximum atomic E-state index is 12.0. The highest BCUT2D eigenvalue weighted by molar-refractivity contribution is 9.09. The van der Waals surface area contributed by atoms with Crippen LogP contribution >= 0.6 is 15.9 Å². The number of hydrogen-bond donors (Lipinski definition) is 1. The number of aliphatic hydroxyl groups is 1. The lowest BCUT2D eigenvalue weighted by Crippen LogP contribution is -2.52. The molecule has 6 heteroatoms. The van der Waals surface area contributed by atoms with Crippen LogP contribution in [0.5, 0.6) is 0 Å². The van der Waals surface area contributed by atoms with E-state index in [1.807, 2.05) is 6.92 Å². The summed E-state index contributed by atoms with van der Waals surface area (Å²) in [6, 6.07) is 0. The van der Waals surface area contributed by atoms with Crippen LogP contribution in [0.4, 0.5) is 0 Å². The second-order valence-corrected chi connectivity index (χ2v) is 11.8. The Hall–Kier alpha value is -0.850. The first-order valence-electron chi connectivity index (χ1n) is 12.5. The van der Waals surface area contributed by atoms with E-state index in [0.717, 1.165) is 51.4 Å². The van der Waals surface area contributed by atoms with Gasteiger partial charge in [-0.05, 0) is 68.1 Å². The maximum Gasteiger partial charge on any atom is 0.305 e. The van der Waals surface area contributed by atoms with Gasteiger partial charge in [-0.15, -0.1) is 0 Å². The second-order valence-electron chi connectivity index (χ2n) is 10.6. The normalized spacial score (nSPS) is 42.8. The van der Waals surface area contributed by atoms with Crippen LogP contribution in [0.15, 0.2) is 24.0 Å². The molecule has 1 N–H and O–H groups in total. The van der Waals surface area contributed by atoms with E-state index >= 15 is 0 Å². The van der Waals surface area contributed by atoms with E-state index in [-0.39, 0.29) is 34.3 Å². The molecule has 0 aliphatic heterocycles. The molecule has 5 nitrogen and oxygen atoms in total. The van der Waals surface area contributed by atoms with Gasteiger partial charge in [0.05, 0.1) is 10.9 Å². The fourth-order valence-electron chi connectivity index (χ4n) is 7.14. The molecule has 3 fully saturated rings. The number of halogens is 1. The zero-order valence-corrected chi connectivity index (χ0v) is 21.3. The van der Waals surface area contributed by atoms with Crippen molar-refractivity contribution in [1.29, 1.82) is 0 Å². The van der Waals surface area contributed by atoms with Crippen LogP contribution in [0.3, 0.4) is 0 Å². The molecule has 4 aliphatic rings. The van der Waals surface area contributed by atoms with Crippen molar-refractivity contribution in [2.75, 3.05) is 0 Å². The molecule has 0 radical (unpaired) electrons. The number of carbonyl (C=O) groups excluding carboxylic acids is 1. The van der Waals surface area contributed by atoms with E-state index < -0.39 is 6.10 Å². The summed E-state index contributed by atoms with van der Waals surface area (Å²) in [5.41, 5.74) is 1.42. The number of ether oxygens (including phenoxy) is 1. The smallest absolute Gasteiger partial charge is 0.305 e. The highest BCUT2D eigenvalue weighted by atomic mass is 79.9. The van der Waals surface area contributed by atoms with E-state index in [0.29, 0.717) is 29.9 Å². The predicted molar refractivity (Wildman–Crippen MR) is 127 cm³/mol. The molecule has 0 spiro atoms. The maximum absolute atomic E-state index is 12.0. The number of alkyl halides is 1. The summed E-state index contributed by atoms with van der Waals surface area (Å²) in [7, 11) is 0. The summed E-state index contributed by atoms with van der Waals surface area (Å²) in [4.78, 5) is 23.4. The molecule has 4 rings (SSSR count). The number of allylic oxidation sites excluding steroid dienone is 1. The molecule has 3 saturated carbocycles. The number of esters is 1. The Morgan fingerprint density at radius 2 is 2.06 bits per heavy atom. The number of rotatable bonds is 7. The summed E-state index contributed by atoms with van der Waals surface area (Å²) in [5.74, 6) is 1.96. The molecule has 4 unspecified atom stereocenters. The van der Waals surface area contributed by atoms with Gasteiger partial charge in [0.2, 0.25) is 0 Å². The monoisotopic (exact) mass is 510 g/mol. The van der Waals surface area contributed by atoms with Crippen LogP contribution in [0.25, 0.3) is 0 Å². The standard InChI is InChI=1S/C26H39BrO5/c1-5-7-15(3)31-32-17-10-11-26(4)16(12-17)13-22(28)24-19-14-21(27)25(30-23(29)6-2)18(19)8-9-20(24)26/h13,17-22,24-25,28H,3,5-12,14H2,1-2,4H3/t17-,18-,19?,20?,21+,22?,24?,25+,26-/m0/s1. The van der Waals surface area contributed by atoms with Gasteiger partial charge >= 0.3 is 5.97 Å². The van der Waals surface area contributed by atoms with Gasteiger partial charge in [-0.3, -0.25) is 4.79 Å². The zero-order chi connectivity index (χ0) is 23.0. The quantitative estimate of drug-likeness (QED) is 0.116. The van der Waals surface area contributed by atoms with Gasteiger partial charge in [0.1, 0.15) is 18.0 Å². The van der Waals surface area contributed by atoms with Gasteiger partial charge in [0, 0.05) is 18.8 Å². The highest BCUT2D eigenvalue weighted by Crippen LogP contribution is 2.62. The van der Waals surface area contributed by atoms with Crippen LogP contribution < -0.4 is 0 Å². The van der Waals surface area contributed by atoms with Crippen molar-refractivity contribution in [2.45, 2.75) is 102 Å². The third-order valence-electron chi connectivity index (χ3n) is 8.73. The summed E-state index contributed by atoms with van der Waals surface area (Å²) in [6.45, 7) is 10.3. The van der Waals surface area contributed by atoms with Crippen molar-refractivity contribution in [1.82, 2.24) is 0 Å². The average molecular weight is 511 g/mol. The molecule has 0 aromatic rings. The minimum absolute atomic E-state index is 0.0132. The lowest BCUT2D eigenvalue weighted by Gasteiger charge is -2.56. The number of aliphatic hydroxyl groups excluding tert-OH is 1. The lowest BCUT2D eigenvalue weighted by atomic mass is 9.50. The van der Waals surface area contributed by atoms with Crippen LogP contribution in [0.1, 0.15) is 78.6 Å². The lowest BCUT2D eigenvalue weighted by molar-refractivity contribution is -0.301. The van der Waals surface area contributed by atoms with Gasteiger partial charge in [-0.1, -0.05) is 54.9 Å². The molecular formula is C26H39BrO5. The zero-order valence-electron chi connectivity index (χ0n) is 19.7. The Morgan fingerprint density at radius 3 is 2.78 bits per heavy atom. The minimum Gasteiger partial charge on any atom is -0.461 e. The van der Waals surface area contributed by atoms with E-state index in [2.05, 4.69) is 42.4 Å². The summed E-state index contributed by atoms with van der Waals surface area (Å²) in [5, 5.41) is 11.3. The Bertz CT molecular complexity index is 750. The van der Waals surface area contributed by atoms with Gasteiger partial charge in [0.25, 0.3) is 0 Å². The molecular weight excluding hydrogens is 472 g/mol. The largest absolute Gasteiger partial charge is 0.461 e. The van der Waals surface area contributed by atoms with E-state index in [1.54, 1.807) is 0 Å². The molecule has 0 aromatic heterocycles. The number of hydrogen-bond acceptors (Lipinski definition) is 5. The fraction of sp³-hybridized carbons (Fsp3) is 0.808. The third kappa shape index (κ3) is 4.44. The molecule has 0 bridgehead atoms. The van der Waals surface area contributed by atoms with Crippen molar-refractivity contribution in [3.63, 3.8) is 0 Å². The Balaban J connectivity index is 1.48. The number of carbonyl (C=O) groups is 1. The molecule has 32 heavy (non-hydrogen) atoms. The molecule has 4 aliphatic carbocycles. The van der Waals surface area contributed by atoms with Crippen molar-refractivity contribution in [3.05, 3.63) is 24.0 Å². The summed E-state index contributed by atoms with van der Waals surface area (Å²) in [6.07, 6.45) is 9.72. The first-order valence-corrected chi connectivity index (χ1v) is 13.4. The second kappa shape index (κ2) is 9.79.